The Labute approximate surface area is 114 Å². The van der Waals surface area contributed by atoms with Gasteiger partial charge in [-0.2, -0.15) is 0 Å². The van der Waals surface area contributed by atoms with Crippen LogP contribution in [0.25, 0.3) is 11.0 Å². The van der Waals surface area contributed by atoms with Crippen LogP contribution in [0.1, 0.15) is 10.4 Å². The fourth-order valence-electron chi connectivity index (χ4n) is 1.96. The first-order chi connectivity index (χ1) is 9.74. The molecule has 3 aromatic rings. The monoisotopic (exact) mass is 265 g/mol. The Kier molecular flexibility index (Phi) is 3.01. The number of rotatable bonds is 2. The fourth-order valence-corrected chi connectivity index (χ4v) is 1.96. The number of para-hydroxylation sites is 1. The number of nitrogens with one attached hydrogen (secondary N) is 1. The van der Waals surface area contributed by atoms with Crippen molar-refractivity contribution in [1.82, 2.24) is 9.97 Å². The lowest BCUT2D eigenvalue weighted by Crippen LogP contribution is -2.12. The molecule has 0 saturated carbocycles. The molecule has 0 saturated heterocycles. The average molecular weight is 265 g/mol. The van der Waals surface area contributed by atoms with Crippen molar-refractivity contribution in [3.05, 3.63) is 60.4 Å². The van der Waals surface area contributed by atoms with Crippen LogP contribution in [0, 0.1) is 0 Å². The molecule has 0 atom stereocenters. The maximum Gasteiger partial charge on any atom is 0.257 e. The van der Waals surface area contributed by atoms with Crippen LogP contribution < -0.4 is 5.32 Å². The Bertz CT molecular complexity index is 781. The molecule has 0 aliphatic rings. The summed E-state index contributed by atoms with van der Waals surface area (Å²) in [5.41, 5.74) is 2.18. The van der Waals surface area contributed by atoms with Crippen molar-refractivity contribution in [2.24, 2.45) is 0 Å². The highest BCUT2D eigenvalue weighted by atomic mass is 16.3. The van der Waals surface area contributed by atoms with Crippen LogP contribution >= 0.6 is 0 Å². The third-order valence-electron chi connectivity index (χ3n) is 2.85. The van der Waals surface area contributed by atoms with Crippen LogP contribution in [0.4, 0.5) is 5.69 Å². The number of fused-ring (bicyclic) bond motifs is 1. The summed E-state index contributed by atoms with van der Waals surface area (Å²) < 4.78 is 0. The van der Waals surface area contributed by atoms with E-state index in [0.29, 0.717) is 22.3 Å². The van der Waals surface area contributed by atoms with Gasteiger partial charge in [0.2, 0.25) is 0 Å². The number of amides is 1. The summed E-state index contributed by atoms with van der Waals surface area (Å²) in [6, 6.07) is 11.6. The topological polar surface area (TPSA) is 75.1 Å². The minimum atomic E-state index is -0.290. The van der Waals surface area contributed by atoms with Crippen LogP contribution in [0.15, 0.2) is 54.9 Å². The van der Waals surface area contributed by atoms with E-state index in [2.05, 4.69) is 15.3 Å². The van der Waals surface area contributed by atoms with E-state index in [1.807, 2.05) is 0 Å². The predicted molar refractivity (Wildman–Crippen MR) is 75.6 cm³/mol. The lowest BCUT2D eigenvalue weighted by atomic mass is 10.1. The number of nitrogens with zero attached hydrogens (tertiary/aromatic N) is 2. The van der Waals surface area contributed by atoms with E-state index in [0.717, 1.165) is 0 Å². The molecule has 2 N–H and O–H groups in total. The smallest absolute Gasteiger partial charge is 0.257 e. The molecule has 0 aliphatic heterocycles. The van der Waals surface area contributed by atoms with Crippen molar-refractivity contribution in [2.75, 3.05) is 5.32 Å². The van der Waals surface area contributed by atoms with Crippen LogP contribution in [0.3, 0.4) is 0 Å². The van der Waals surface area contributed by atoms with E-state index < -0.39 is 0 Å². The van der Waals surface area contributed by atoms with Gasteiger partial charge in [0.1, 0.15) is 11.3 Å². The molecule has 98 valence electrons. The van der Waals surface area contributed by atoms with Gasteiger partial charge in [0.15, 0.2) is 0 Å². The van der Waals surface area contributed by atoms with E-state index in [1.165, 1.54) is 6.07 Å². The highest BCUT2D eigenvalue weighted by Gasteiger charge is 2.11. The Morgan fingerprint density at radius 2 is 1.85 bits per heavy atom. The summed E-state index contributed by atoms with van der Waals surface area (Å²) in [5.74, 6) is -0.192. The van der Waals surface area contributed by atoms with Gasteiger partial charge in [-0.25, -0.2) is 0 Å². The van der Waals surface area contributed by atoms with Crippen molar-refractivity contribution in [1.29, 1.82) is 0 Å². The van der Waals surface area contributed by atoms with Gasteiger partial charge in [-0.15, -0.1) is 0 Å². The number of benzene rings is 2. The Balaban J connectivity index is 1.97. The molecule has 0 bridgehead atoms. The number of aromatic hydroxyl groups is 1. The average Bonchev–Trinajstić information content (AvgIpc) is 2.46. The molecule has 1 amide bonds. The first kappa shape index (κ1) is 12.1. The second kappa shape index (κ2) is 4.97. The molecule has 0 fully saturated rings. The van der Waals surface area contributed by atoms with Gasteiger partial charge in [-0.1, -0.05) is 12.1 Å². The van der Waals surface area contributed by atoms with Gasteiger partial charge in [0.25, 0.3) is 5.91 Å². The first-order valence-corrected chi connectivity index (χ1v) is 6.04. The highest BCUT2D eigenvalue weighted by molar-refractivity contribution is 6.11. The molecule has 20 heavy (non-hydrogen) atoms. The predicted octanol–water partition coefficient (Wildman–Crippen LogP) is 2.59. The lowest BCUT2D eigenvalue weighted by Gasteiger charge is -2.07. The standard InChI is InChI=1S/C15H11N3O2/c19-11-4-1-3-10(9-11)18-15(20)12-5-2-6-13-14(12)17-8-7-16-13/h1-9,19H,(H,18,20). The zero-order chi connectivity index (χ0) is 13.9. The van der Waals surface area contributed by atoms with Gasteiger partial charge in [-0.05, 0) is 24.3 Å². The normalized spacial score (nSPS) is 10.4. The molecule has 0 radical (unpaired) electrons. The number of carbonyl (C=O) groups excluding carboxylic acids is 1. The zero-order valence-electron chi connectivity index (χ0n) is 10.4. The molecule has 2 aromatic carbocycles. The number of hydrogen-bond donors (Lipinski definition) is 2. The summed E-state index contributed by atoms with van der Waals surface area (Å²) in [6.45, 7) is 0. The summed E-state index contributed by atoms with van der Waals surface area (Å²) >= 11 is 0. The number of anilines is 1. The molecule has 0 aliphatic carbocycles. The second-order valence-corrected chi connectivity index (χ2v) is 4.23. The SMILES string of the molecule is O=C(Nc1cccc(O)c1)c1cccc2nccnc12. The van der Waals surface area contributed by atoms with E-state index in [1.54, 1.807) is 48.8 Å². The van der Waals surface area contributed by atoms with Crippen LogP contribution in [0.2, 0.25) is 0 Å². The van der Waals surface area contributed by atoms with Crippen LogP contribution in [-0.4, -0.2) is 21.0 Å². The van der Waals surface area contributed by atoms with Crippen molar-refractivity contribution < 1.29 is 9.90 Å². The summed E-state index contributed by atoms with van der Waals surface area (Å²) in [5, 5.41) is 12.1. The number of phenolic OH excluding ortho intramolecular Hbond substituents is 1. The summed E-state index contributed by atoms with van der Waals surface area (Å²) in [4.78, 5) is 20.6. The molecule has 0 unspecified atom stereocenters. The third kappa shape index (κ3) is 2.29. The van der Waals surface area contributed by atoms with Gasteiger partial charge >= 0.3 is 0 Å². The van der Waals surface area contributed by atoms with Gasteiger partial charge < -0.3 is 10.4 Å². The van der Waals surface area contributed by atoms with E-state index in [4.69, 9.17) is 0 Å². The van der Waals surface area contributed by atoms with Crippen molar-refractivity contribution in [2.45, 2.75) is 0 Å². The zero-order valence-corrected chi connectivity index (χ0v) is 10.4. The largest absolute Gasteiger partial charge is 0.508 e. The Morgan fingerprint density at radius 1 is 1.05 bits per heavy atom. The number of hydrogen-bond acceptors (Lipinski definition) is 4. The highest BCUT2D eigenvalue weighted by Crippen LogP contribution is 2.18. The number of carbonyl (C=O) groups is 1. The maximum atomic E-state index is 12.3. The molecule has 1 heterocycles. The van der Waals surface area contributed by atoms with Gasteiger partial charge in [0.05, 0.1) is 11.1 Å². The number of phenols is 1. The molecular formula is C15H11N3O2. The quantitative estimate of drug-likeness (QED) is 0.746. The second-order valence-electron chi connectivity index (χ2n) is 4.23. The van der Waals surface area contributed by atoms with Crippen LogP contribution in [0.5, 0.6) is 5.75 Å². The van der Waals surface area contributed by atoms with Gasteiger partial charge in [0, 0.05) is 24.1 Å². The fraction of sp³-hybridized carbons (Fsp3) is 0. The van der Waals surface area contributed by atoms with Gasteiger partial charge in [-0.3, -0.25) is 14.8 Å². The molecule has 1 aromatic heterocycles. The first-order valence-electron chi connectivity index (χ1n) is 6.04. The molecule has 3 rings (SSSR count). The molecular weight excluding hydrogens is 254 g/mol. The van der Waals surface area contributed by atoms with Crippen molar-refractivity contribution >= 4 is 22.6 Å². The van der Waals surface area contributed by atoms with E-state index in [-0.39, 0.29) is 11.7 Å². The van der Waals surface area contributed by atoms with E-state index >= 15 is 0 Å². The minimum Gasteiger partial charge on any atom is -0.508 e. The molecule has 0 spiro atoms. The minimum absolute atomic E-state index is 0.0977. The lowest BCUT2D eigenvalue weighted by molar-refractivity contribution is 0.102. The number of aromatic nitrogens is 2. The maximum absolute atomic E-state index is 12.3. The third-order valence-corrected chi connectivity index (χ3v) is 2.85. The summed E-state index contributed by atoms with van der Waals surface area (Å²) in [7, 11) is 0. The van der Waals surface area contributed by atoms with Crippen molar-refractivity contribution in [3.63, 3.8) is 0 Å². The van der Waals surface area contributed by atoms with E-state index in [9.17, 15) is 9.90 Å². The van der Waals surface area contributed by atoms with Crippen LogP contribution in [-0.2, 0) is 0 Å². The molecule has 5 nitrogen and oxygen atoms in total. The Hall–Kier alpha value is -2.95. The summed E-state index contributed by atoms with van der Waals surface area (Å²) in [6.07, 6.45) is 3.13. The molecule has 5 heteroatoms. The van der Waals surface area contributed by atoms with Crippen molar-refractivity contribution in [3.8, 4) is 5.75 Å². The Morgan fingerprint density at radius 3 is 2.70 bits per heavy atom.